The van der Waals surface area contributed by atoms with Crippen LogP contribution in [0.1, 0.15) is 0 Å². The molecular formula is C7H11F3N2O3. The molecule has 0 aromatic heterocycles. The third-order valence-electron chi connectivity index (χ3n) is 1.88. The SMILES string of the molecule is O=C(O)N(CC(F)(F)F)N1CCOCC1. The van der Waals surface area contributed by atoms with Gasteiger partial charge in [0.15, 0.2) is 0 Å². The van der Waals surface area contributed by atoms with Crippen molar-refractivity contribution >= 4 is 6.09 Å². The fraction of sp³-hybridized carbons (Fsp3) is 0.857. The maximum atomic E-state index is 12.1. The number of nitrogens with zero attached hydrogens (tertiary/aromatic N) is 2. The van der Waals surface area contributed by atoms with Gasteiger partial charge >= 0.3 is 12.3 Å². The lowest BCUT2D eigenvalue weighted by atomic mass is 10.5. The topological polar surface area (TPSA) is 53.0 Å². The van der Waals surface area contributed by atoms with E-state index < -0.39 is 18.8 Å². The zero-order valence-electron chi connectivity index (χ0n) is 7.83. The highest BCUT2D eigenvalue weighted by Gasteiger charge is 2.36. The van der Waals surface area contributed by atoms with Gasteiger partial charge in [0, 0.05) is 13.1 Å². The summed E-state index contributed by atoms with van der Waals surface area (Å²) in [7, 11) is 0. The van der Waals surface area contributed by atoms with E-state index in [4.69, 9.17) is 9.84 Å². The number of hydrogen-bond donors (Lipinski definition) is 1. The van der Waals surface area contributed by atoms with Crippen LogP contribution in [-0.2, 0) is 4.74 Å². The van der Waals surface area contributed by atoms with Crippen LogP contribution in [0, 0.1) is 0 Å². The number of amides is 1. The number of alkyl halides is 3. The number of rotatable bonds is 2. The molecule has 1 saturated heterocycles. The molecule has 1 amide bonds. The van der Waals surface area contributed by atoms with Gasteiger partial charge in [-0.25, -0.2) is 14.8 Å². The fourth-order valence-corrected chi connectivity index (χ4v) is 1.25. The molecule has 88 valence electrons. The van der Waals surface area contributed by atoms with Crippen molar-refractivity contribution in [1.29, 1.82) is 0 Å². The zero-order chi connectivity index (χ0) is 11.5. The Kier molecular flexibility index (Phi) is 3.75. The first-order chi connectivity index (χ1) is 6.90. The number of carboxylic acid groups (broad SMARTS) is 1. The molecule has 1 heterocycles. The molecule has 0 aliphatic carbocycles. The van der Waals surface area contributed by atoms with Crippen molar-refractivity contribution < 1.29 is 27.8 Å². The Morgan fingerprint density at radius 3 is 2.33 bits per heavy atom. The van der Waals surface area contributed by atoms with E-state index in [0.29, 0.717) is 0 Å². The van der Waals surface area contributed by atoms with E-state index >= 15 is 0 Å². The smallest absolute Gasteiger partial charge is 0.422 e. The second kappa shape index (κ2) is 4.67. The lowest BCUT2D eigenvalue weighted by Crippen LogP contribution is -2.54. The van der Waals surface area contributed by atoms with Crippen LogP contribution in [0.4, 0.5) is 18.0 Å². The van der Waals surface area contributed by atoms with Crippen molar-refractivity contribution in [3.8, 4) is 0 Å². The molecule has 0 aromatic carbocycles. The van der Waals surface area contributed by atoms with Crippen LogP contribution >= 0.6 is 0 Å². The lowest BCUT2D eigenvalue weighted by molar-refractivity contribution is -0.180. The second-order valence-corrected chi connectivity index (χ2v) is 3.02. The minimum absolute atomic E-state index is 0.155. The summed E-state index contributed by atoms with van der Waals surface area (Å²) >= 11 is 0. The van der Waals surface area contributed by atoms with E-state index in [9.17, 15) is 18.0 Å². The highest BCUT2D eigenvalue weighted by Crippen LogP contribution is 2.18. The third-order valence-corrected chi connectivity index (χ3v) is 1.88. The Morgan fingerprint density at radius 2 is 1.93 bits per heavy atom. The van der Waals surface area contributed by atoms with Crippen molar-refractivity contribution in [3.63, 3.8) is 0 Å². The van der Waals surface area contributed by atoms with Crippen LogP contribution in [0.2, 0.25) is 0 Å². The number of morpholine rings is 1. The molecule has 1 rings (SSSR count). The van der Waals surface area contributed by atoms with Crippen LogP contribution < -0.4 is 0 Å². The minimum Gasteiger partial charge on any atom is -0.464 e. The maximum Gasteiger partial charge on any atom is 0.422 e. The number of halogens is 3. The molecule has 0 atom stereocenters. The molecule has 1 aliphatic rings. The highest BCUT2D eigenvalue weighted by atomic mass is 19.4. The van der Waals surface area contributed by atoms with Gasteiger partial charge in [0.25, 0.3) is 0 Å². The molecule has 5 nitrogen and oxygen atoms in total. The summed E-state index contributed by atoms with van der Waals surface area (Å²) in [5, 5.41) is 10.0. The fourth-order valence-electron chi connectivity index (χ4n) is 1.25. The second-order valence-electron chi connectivity index (χ2n) is 3.02. The van der Waals surface area contributed by atoms with Gasteiger partial charge in [-0.1, -0.05) is 0 Å². The number of ether oxygens (including phenoxy) is 1. The van der Waals surface area contributed by atoms with Crippen molar-refractivity contribution in [3.05, 3.63) is 0 Å². The van der Waals surface area contributed by atoms with Crippen LogP contribution in [0.15, 0.2) is 0 Å². The monoisotopic (exact) mass is 228 g/mol. The average Bonchev–Trinajstić information content (AvgIpc) is 2.14. The summed E-state index contributed by atoms with van der Waals surface area (Å²) in [6, 6.07) is 0. The molecule has 15 heavy (non-hydrogen) atoms. The van der Waals surface area contributed by atoms with E-state index in [1.807, 2.05) is 0 Å². The van der Waals surface area contributed by atoms with Crippen molar-refractivity contribution in [1.82, 2.24) is 10.0 Å². The standard InChI is InChI=1S/C7H11F3N2O3/c8-7(9,10)5-12(6(13)14)11-1-3-15-4-2-11/h1-5H2,(H,13,14). The summed E-state index contributed by atoms with van der Waals surface area (Å²) in [6.07, 6.45) is -6.13. The largest absolute Gasteiger partial charge is 0.464 e. The molecule has 0 radical (unpaired) electrons. The summed E-state index contributed by atoms with van der Waals surface area (Å²) in [5.41, 5.74) is 0. The van der Waals surface area contributed by atoms with E-state index in [0.717, 1.165) is 5.01 Å². The summed E-state index contributed by atoms with van der Waals surface area (Å²) in [4.78, 5) is 10.6. The van der Waals surface area contributed by atoms with E-state index in [2.05, 4.69) is 0 Å². The summed E-state index contributed by atoms with van der Waals surface area (Å²) in [5.74, 6) is 0. The van der Waals surface area contributed by atoms with E-state index in [1.165, 1.54) is 0 Å². The summed E-state index contributed by atoms with van der Waals surface area (Å²) < 4.78 is 41.1. The van der Waals surface area contributed by atoms with E-state index in [-0.39, 0.29) is 31.3 Å². The van der Waals surface area contributed by atoms with Gasteiger partial charge in [-0.2, -0.15) is 13.2 Å². The molecule has 1 fully saturated rings. The molecule has 1 aliphatic heterocycles. The number of hydrazine groups is 1. The van der Waals surface area contributed by atoms with Gasteiger partial charge in [-0.05, 0) is 0 Å². The van der Waals surface area contributed by atoms with Gasteiger partial charge < -0.3 is 9.84 Å². The Labute approximate surface area is 84.0 Å². The minimum atomic E-state index is -4.53. The summed E-state index contributed by atoms with van der Waals surface area (Å²) in [6.45, 7) is -0.698. The van der Waals surface area contributed by atoms with Gasteiger partial charge in [0.1, 0.15) is 6.54 Å². The molecule has 0 unspecified atom stereocenters. The van der Waals surface area contributed by atoms with Crippen LogP contribution in [0.25, 0.3) is 0 Å². The van der Waals surface area contributed by atoms with Crippen molar-refractivity contribution in [2.75, 3.05) is 32.8 Å². The normalized spacial score (nSPS) is 18.9. The number of carbonyl (C=O) groups is 1. The van der Waals surface area contributed by atoms with Crippen molar-refractivity contribution in [2.45, 2.75) is 6.18 Å². The molecule has 0 spiro atoms. The first-order valence-electron chi connectivity index (χ1n) is 4.30. The van der Waals surface area contributed by atoms with Gasteiger partial charge in [0.2, 0.25) is 0 Å². The predicted octanol–water partition coefficient (Wildman–Crippen LogP) is 0.776. The quantitative estimate of drug-likeness (QED) is 0.758. The van der Waals surface area contributed by atoms with Crippen molar-refractivity contribution in [2.24, 2.45) is 0 Å². The van der Waals surface area contributed by atoms with Crippen LogP contribution in [0.3, 0.4) is 0 Å². The van der Waals surface area contributed by atoms with Gasteiger partial charge in [-0.15, -0.1) is 0 Å². The molecular weight excluding hydrogens is 217 g/mol. The number of hydrogen-bond acceptors (Lipinski definition) is 3. The van der Waals surface area contributed by atoms with Crippen LogP contribution in [0.5, 0.6) is 0 Å². The van der Waals surface area contributed by atoms with Crippen LogP contribution in [-0.4, -0.2) is 60.2 Å². The third kappa shape index (κ3) is 3.92. The van der Waals surface area contributed by atoms with E-state index in [1.54, 1.807) is 0 Å². The lowest BCUT2D eigenvalue weighted by Gasteiger charge is -2.35. The first kappa shape index (κ1) is 12.1. The Balaban J connectivity index is 2.60. The maximum absolute atomic E-state index is 12.1. The molecule has 1 N–H and O–H groups in total. The van der Waals surface area contributed by atoms with Gasteiger partial charge in [0.05, 0.1) is 13.2 Å². The highest BCUT2D eigenvalue weighted by molar-refractivity contribution is 5.64. The molecule has 0 aromatic rings. The Bertz CT molecular complexity index is 228. The Morgan fingerprint density at radius 1 is 1.40 bits per heavy atom. The molecule has 0 saturated carbocycles. The predicted molar refractivity (Wildman–Crippen MR) is 43.2 cm³/mol. The molecule has 8 heteroatoms. The first-order valence-corrected chi connectivity index (χ1v) is 4.30. The Hall–Kier alpha value is -1.02. The van der Waals surface area contributed by atoms with Gasteiger partial charge in [-0.3, -0.25) is 0 Å². The molecule has 0 bridgehead atoms. The average molecular weight is 228 g/mol. The zero-order valence-corrected chi connectivity index (χ0v) is 7.83.